The molecule has 1 aliphatic heterocycles. The van der Waals surface area contributed by atoms with Crippen LogP contribution in [0, 0.1) is 11.3 Å². The van der Waals surface area contributed by atoms with Gasteiger partial charge in [-0.15, -0.1) is 0 Å². The number of aliphatic carboxylic acids is 1. The molecule has 1 atom stereocenters. The molecule has 3 heteroatoms. The molecular formula is C11H19NO2. The average molecular weight is 197 g/mol. The van der Waals surface area contributed by atoms with Crippen molar-refractivity contribution in [1.29, 1.82) is 0 Å². The van der Waals surface area contributed by atoms with Crippen LogP contribution in [0.25, 0.3) is 0 Å². The third-order valence-electron chi connectivity index (χ3n) is 3.95. The predicted molar refractivity (Wildman–Crippen MR) is 54.1 cm³/mol. The van der Waals surface area contributed by atoms with Gasteiger partial charge in [-0.05, 0) is 44.7 Å². The fraction of sp³-hybridized carbons (Fsp3) is 0.909. The molecule has 0 bridgehead atoms. The number of nitrogens with zero attached hydrogens (tertiary/aromatic N) is 1. The molecule has 1 aliphatic carbocycles. The Morgan fingerprint density at radius 3 is 2.79 bits per heavy atom. The summed E-state index contributed by atoms with van der Waals surface area (Å²) >= 11 is 0. The molecule has 0 aromatic heterocycles. The Kier molecular flexibility index (Phi) is 2.52. The molecule has 14 heavy (non-hydrogen) atoms. The summed E-state index contributed by atoms with van der Waals surface area (Å²) < 4.78 is 0. The fourth-order valence-corrected chi connectivity index (χ4v) is 2.73. The number of carbonyl (C=O) groups is 1. The maximum Gasteiger partial charge on any atom is 0.309 e. The van der Waals surface area contributed by atoms with E-state index in [4.69, 9.17) is 0 Å². The molecule has 2 rings (SSSR count). The predicted octanol–water partition coefficient (Wildman–Crippen LogP) is 1.58. The summed E-state index contributed by atoms with van der Waals surface area (Å²) in [6.45, 7) is 5.38. The van der Waals surface area contributed by atoms with Gasteiger partial charge in [-0.25, -0.2) is 0 Å². The van der Waals surface area contributed by atoms with E-state index in [1.165, 1.54) is 6.42 Å². The van der Waals surface area contributed by atoms with Crippen molar-refractivity contribution in [3.05, 3.63) is 0 Å². The Bertz CT molecular complexity index is 235. The SMILES string of the molecule is CCN1CCCC(C2(C(=O)O)CC2)C1. The Hall–Kier alpha value is -0.570. The van der Waals surface area contributed by atoms with Crippen LogP contribution >= 0.6 is 0 Å². The van der Waals surface area contributed by atoms with Crippen LogP contribution in [0.15, 0.2) is 0 Å². The summed E-state index contributed by atoms with van der Waals surface area (Å²) in [7, 11) is 0. The molecule has 1 saturated carbocycles. The average Bonchev–Trinajstić information content (AvgIpc) is 2.98. The van der Waals surface area contributed by atoms with E-state index < -0.39 is 5.97 Å². The molecule has 0 radical (unpaired) electrons. The van der Waals surface area contributed by atoms with Crippen LogP contribution in [0.5, 0.6) is 0 Å². The zero-order valence-electron chi connectivity index (χ0n) is 8.83. The molecule has 2 fully saturated rings. The normalized spacial score (nSPS) is 31.4. The maximum absolute atomic E-state index is 11.2. The molecule has 1 unspecified atom stereocenters. The molecular weight excluding hydrogens is 178 g/mol. The molecule has 1 saturated heterocycles. The van der Waals surface area contributed by atoms with E-state index in [1.807, 2.05) is 0 Å². The van der Waals surface area contributed by atoms with E-state index in [-0.39, 0.29) is 5.41 Å². The smallest absolute Gasteiger partial charge is 0.309 e. The third-order valence-corrected chi connectivity index (χ3v) is 3.95. The number of likely N-dealkylation sites (tertiary alicyclic amines) is 1. The summed E-state index contributed by atoms with van der Waals surface area (Å²) in [5.41, 5.74) is -0.326. The summed E-state index contributed by atoms with van der Waals surface area (Å²) in [6.07, 6.45) is 4.10. The number of carboxylic acids is 1. The molecule has 80 valence electrons. The minimum absolute atomic E-state index is 0.326. The Labute approximate surface area is 85.1 Å². The highest BCUT2D eigenvalue weighted by Gasteiger charge is 2.56. The molecule has 1 heterocycles. The lowest BCUT2D eigenvalue weighted by Crippen LogP contribution is -2.41. The number of hydrogen-bond donors (Lipinski definition) is 1. The second-order valence-electron chi connectivity index (χ2n) is 4.69. The lowest BCUT2D eigenvalue weighted by Gasteiger charge is -2.35. The van der Waals surface area contributed by atoms with Gasteiger partial charge in [0.05, 0.1) is 5.41 Å². The highest BCUT2D eigenvalue weighted by molar-refractivity contribution is 5.78. The highest BCUT2D eigenvalue weighted by atomic mass is 16.4. The van der Waals surface area contributed by atoms with Crippen molar-refractivity contribution >= 4 is 5.97 Å². The zero-order chi connectivity index (χ0) is 10.2. The topological polar surface area (TPSA) is 40.5 Å². The van der Waals surface area contributed by atoms with E-state index >= 15 is 0 Å². The van der Waals surface area contributed by atoms with Crippen LogP contribution in [0.3, 0.4) is 0 Å². The standard InChI is InChI=1S/C11H19NO2/c1-2-12-7-3-4-9(8-12)11(5-6-11)10(13)14/h9H,2-8H2,1H3,(H,13,14). The second-order valence-corrected chi connectivity index (χ2v) is 4.69. The van der Waals surface area contributed by atoms with Crippen LogP contribution < -0.4 is 0 Å². The zero-order valence-corrected chi connectivity index (χ0v) is 8.83. The van der Waals surface area contributed by atoms with Crippen molar-refractivity contribution in [2.75, 3.05) is 19.6 Å². The van der Waals surface area contributed by atoms with Gasteiger partial charge >= 0.3 is 5.97 Å². The van der Waals surface area contributed by atoms with Gasteiger partial charge in [-0.3, -0.25) is 4.79 Å². The molecule has 0 spiro atoms. The van der Waals surface area contributed by atoms with E-state index in [0.717, 1.165) is 38.9 Å². The largest absolute Gasteiger partial charge is 0.481 e. The van der Waals surface area contributed by atoms with Crippen LogP contribution in [0.4, 0.5) is 0 Å². The first-order valence-electron chi connectivity index (χ1n) is 5.65. The highest BCUT2D eigenvalue weighted by Crippen LogP contribution is 2.54. The van der Waals surface area contributed by atoms with Gasteiger partial charge in [0.15, 0.2) is 0 Å². The van der Waals surface area contributed by atoms with Crippen LogP contribution in [-0.2, 0) is 4.79 Å². The molecule has 3 nitrogen and oxygen atoms in total. The van der Waals surface area contributed by atoms with Crippen molar-refractivity contribution in [3.8, 4) is 0 Å². The van der Waals surface area contributed by atoms with E-state index in [0.29, 0.717) is 5.92 Å². The van der Waals surface area contributed by atoms with Gasteiger partial charge in [0.2, 0.25) is 0 Å². The van der Waals surface area contributed by atoms with Crippen LogP contribution in [0.2, 0.25) is 0 Å². The number of hydrogen-bond acceptors (Lipinski definition) is 2. The molecule has 0 amide bonds. The Balaban J connectivity index is 2.00. The Morgan fingerprint density at radius 1 is 1.57 bits per heavy atom. The number of carboxylic acid groups (broad SMARTS) is 1. The fourth-order valence-electron chi connectivity index (χ4n) is 2.73. The van der Waals surface area contributed by atoms with Gasteiger partial charge in [0, 0.05) is 6.54 Å². The summed E-state index contributed by atoms with van der Waals surface area (Å²) in [4.78, 5) is 13.5. The quantitative estimate of drug-likeness (QED) is 0.746. The summed E-state index contributed by atoms with van der Waals surface area (Å²) in [6, 6.07) is 0. The Morgan fingerprint density at radius 2 is 2.29 bits per heavy atom. The first-order chi connectivity index (χ1) is 6.69. The molecule has 0 aromatic carbocycles. The van der Waals surface area contributed by atoms with Crippen molar-refractivity contribution in [2.24, 2.45) is 11.3 Å². The lowest BCUT2D eigenvalue weighted by molar-refractivity contribution is -0.146. The van der Waals surface area contributed by atoms with Crippen LogP contribution in [-0.4, -0.2) is 35.6 Å². The first kappa shape index (κ1) is 9.97. The minimum Gasteiger partial charge on any atom is -0.481 e. The molecule has 1 N–H and O–H groups in total. The van der Waals surface area contributed by atoms with Gasteiger partial charge in [0.25, 0.3) is 0 Å². The number of rotatable bonds is 3. The lowest BCUT2D eigenvalue weighted by atomic mass is 9.82. The summed E-state index contributed by atoms with van der Waals surface area (Å²) in [5.74, 6) is -0.144. The van der Waals surface area contributed by atoms with Crippen molar-refractivity contribution in [2.45, 2.75) is 32.6 Å². The van der Waals surface area contributed by atoms with Crippen molar-refractivity contribution in [3.63, 3.8) is 0 Å². The summed E-state index contributed by atoms with van der Waals surface area (Å²) in [5, 5.41) is 9.20. The minimum atomic E-state index is -0.555. The van der Waals surface area contributed by atoms with Crippen molar-refractivity contribution in [1.82, 2.24) is 4.90 Å². The van der Waals surface area contributed by atoms with E-state index in [1.54, 1.807) is 0 Å². The van der Waals surface area contributed by atoms with Crippen molar-refractivity contribution < 1.29 is 9.90 Å². The van der Waals surface area contributed by atoms with Gasteiger partial charge in [-0.2, -0.15) is 0 Å². The first-order valence-corrected chi connectivity index (χ1v) is 5.65. The van der Waals surface area contributed by atoms with Gasteiger partial charge in [-0.1, -0.05) is 6.92 Å². The maximum atomic E-state index is 11.2. The monoisotopic (exact) mass is 197 g/mol. The molecule has 2 aliphatic rings. The molecule has 0 aromatic rings. The third kappa shape index (κ3) is 1.54. The van der Waals surface area contributed by atoms with E-state index in [9.17, 15) is 9.90 Å². The van der Waals surface area contributed by atoms with Gasteiger partial charge in [0.1, 0.15) is 0 Å². The van der Waals surface area contributed by atoms with Gasteiger partial charge < -0.3 is 10.0 Å². The van der Waals surface area contributed by atoms with E-state index in [2.05, 4.69) is 11.8 Å². The van der Waals surface area contributed by atoms with Crippen LogP contribution in [0.1, 0.15) is 32.6 Å². The number of piperidine rings is 1. The second kappa shape index (κ2) is 3.54.